The van der Waals surface area contributed by atoms with E-state index in [1.54, 1.807) is 25.1 Å². The van der Waals surface area contributed by atoms with Gasteiger partial charge in [-0.2, -0.15) is 0 Å². The summed E-state index contributed by atoms with van der Waals surface area (Å²) >= 11 is 0. The van der Waals surface area contributed by atoms with E-state index in [2.05, 4.69) is 14.9 Å². The van der Waals surface area contributed by atoms with Crippen LogP contribution < -0.4 is 5.56 Å². The lowest BCUT2D eigenvalue weighted by atomic mass is 9.99. The van der Waals surface area contributed by atoms with Gasteiger partial charge in [0.1, 0.15) is 11.4 Å². The molecule has 3 heterocycles. The average molecular weight is 483 g/mol. The molecule has 0 radical (unpaired) electrons. The number of ether oxygens (including phenoxy) is 1. The number of benzene rings is 1. The van der Waals surface area contributed by atoms with Crippen LogP contribution >= 0.6 is 0 Å². The maximum absolute atomic E-state index is 13.2. The molecule has 10 heteroatoms. The SMILES string of the molecule is CCOC(=O)c1c(C(O)C(=O)N2CCN(C)CC2)c2ncc(Cc3ccc(F)cc3)cc2[nH]c1=O. The van der Waals surface area contributed by atoms with E-state index in [1.165, 1.54) is 23.2 Å². The summed E-state index contributed by atoms with van der Waals surface area (Å²) in [5, 5.41) is 11.1. The molecule has 35 heavy (non-hydrogen) atoms. The number of piperazine rings is 1. The Morgan fingerprint density at radius 1 is 1.17 bits per heavy atom. The number of aromatic nitrogens is 2. The fourth-order valence-electron chi connectivity index (χ4n) is 4.17. The minimum absolute atomic E-state index is 0.0162. The number of nitrogens with zero attached hydrogens (tertiary/aromatic N) is 3. The first-order valence-electron chi connectivity index (χ1n) is 11.4. The van der Waals surface area contributed by atoms with Gasteiger partial charge in [-0.25, -0.2) is 9.18 Å². The van der Waals surface area contributed by atoms with Crippen LogP contribution in [0.2, 0.25) is 0 Å². The van der Waals surface area contributed by atoms with E-state index in [0.717, 1.165) is 11.1 Å². The maximum atomic E-state index is 13.2. The van der Waals surface area contributed by atoms with Crippen molar-refractivity contribution in [1.29, 1.82) is 0 Å². The zero-order chi connectivity index (χ0) is 25.1. The molecule has 1 fully saturated rings. The number of carbonyl (C=O) groups excluding carboxylic acids is 2. The summed E-state index contributed by atoms with van der Waals surface area (Å²) in [6.45, 7) is 3.73. The lowest BCUT2D eigenvalue weighted by molar-refractivity contribution is -0.142. The molecule has 184 valence electrons. The van der Waals surface area contributed by atoms with E-state index >= 15 is 0 Å². The second-order valence-corrected chi connectivity index (χ2v) is 8.54. The van der Waals surface area contributed by atoms with E-state index in [0.29, 0.717) is 32.6 Å². The van der Waals surface area contributed by atoms with E-state index in [9.17, 15) is 23.9 Å². The third-order valence-electron chi connectivity index (χ3n) is 6.07. The summed E-state index contributed by atoms with van der Waals surface area (Å²) in [7, 11) is 1.94. The van der Waals surface area contributed by atoms with Crippen molar-refractivity contribution in [2.24, 2.45) is 0 Å². The van der Waals surface area contributed by atoms with Crippen molar-refractivity contribution in [2.75, 3.05) is 39.8 Å². The number of carbonyl (C=O) groups is 2. The van der Waals surface area contributed by atoms with Crippen molar-refractivity contribution in [3.8, 4) is 0 Å². The molecule has 1 aliphatic rings. The Hall–Kier alpha value is -3.63. The predicted molar refractivity (Wildman–Crippen MR) is 127 cm³/mol. The van der Waals surface area contributed by atoms with Gasteiger partial charge < -0.3 is 24.6 Å². The number of halogens is 1. The van der Waals surface area contributed by atoms with Gasteiger partial charge in [0.2, 0.25) is 0 Å². The molecule has 1 aliphatic heterocycles. The monoisotopic (exact) mass is 482 g/mol. The first kappa shape index (κ1) is 24.5. The van der Waals surface area contributed by atoms with Crippen LogP contribution in [0.15, 0.2) is 41.3 Å². The lowest BCUT2D eigenvalue weighted by Gasteiger charge is -2.33. The van der Waals surface area contributed by atoms with Crippen molar-refractivity contribution >= 4 is 22.9 Å². The second kappa shape index (κ2) is 10.3. The Morgan fingerprint density at radius 3 is 2.51 bits per heavy atom. The van der Waals surface area contributed by atoms with Crippen LogP contribution in [-0.4, -0.2) is 76.6 Å². The Balaban J connectivity index is 1.77. The fraction of sp³-hybridized carbons (Fsp3) is 0.360. The molecule has 0 spiro atoms. The van der Waals surface area contributed by atoms with Gasteiger partial charge in [0, 0.05) is 37.9 Å². The summed E-state index contributed by atoms with van der Waals surface area (Å²) < 4.78 is 18.3. The van der Waals surface area contributed by atoms with E-state index < -0.39 is 29.1 Å². The number of pyridine rings is 2. The van der Waals surface area contributed by atoms with Crippen molar-refractivity contribution < 1.29 is 23.8 Å². The molecule has 1 saturated heterocycles. The third kappa shape index (κ3) is 5.23. The quantitative estimate of drug-likeness (QED) is 0.513. The van der Waals surface area contributed by atoms with Crippen molar-refractivity contribution in [3.05, 3.63) is 75.0 Å². The Bertz CT molecular complexity index is 1300. The Kier molecular flexibility index (Phi) is 7.23. The lowest BCUT2D eigenvalue weighted by Crippen LogP contribution is -2.48. The highest BCUT2D eigenvalue weighted by molar-refractivity contribution is 5.99. The number of esters is 1. The van der Waals surface area contributed by atoms with Crippen LogP contribution in [0.25, 0.3) is 11.0 Å². The summed E-state index contributed by atoms with van der Waals surface area (Å²) in [5.41, 5.74) is 0.566. The molecule has 2 N–H and O–H groups in total. The van der Waals surface area contributed by atoms with Gasteiger partial charge in [0.05, 0.1) is 17.6 Å². The first-order chi connectivity index (χ1) is 16.8. The number of hydrogen-bond acceptors (Lipinski definition) is 7. The number of aromatic amines is 1. The highest BCUT2D eigenvalue weighted by Gasteiger charge is 2.33. The number of aliphatic hydroxyl groups excluding tert-OH is 1. The summed E-state index contributed by atoms with van der Waals surface area (Å²) in [4.78, 5) is 49.4. The van der Waals surface area contributed by atoms with E-state index in [1.807, 2.05) is 7.05 Å². The largest absolute Gasteiger partial charge is 0.462 e. The molecule has 0 saturated carbocycles. The van der Waals surface area contributed by atoms with Gasteiger partial charge in [0.15, 0.2) is 6.10 Å². The maximum Gasteiger partial charge on any atom is 0.344 e. The first-order valence-corrected chi connectivity index (χ1v) is 11.4. The molecule has 2 aromatic heterocycles. The predicted octanol–water partition coefficient (Wildman–Crippen LogP) is 1.64. The van der Waals surface area contributed by atoms with Crippen LogP contribution in [0.3, 0.4) is 0 Å². The second-order valence-electron chi connectivity index (χ2n) is 8.54. The highest BCUT2D eigenvalue weighted by Crippen LogP contribution is 2.27. The van der Waals surface area contributed by atoms with Gasteiger partial charge in [-0.05, 0) is 49.7 Å². The number of amides is 1. The van der Waals surface area contributed by atoms with Gasteiger partial charge in [-0.15, -0.1) is 0 Å². The number of H-pyrrole nitrogens is 1. The third-order valence-corrected chi connectivity index (χ3v) is 6.07. The molecule has 0 aliphatic carbocycles. The number of nitrogens with one attached hydrogen (secondary N) is 1. The van der Waals surface area contributed by atoms with Crippen molar-refractivity contribution in [2.45, 2.75) is 19.4 Å². The molecule has 4 rings (SSSR count). The highest BCUT2D eigenvalue weighted by atomic mass is 19.1. The fourth-order valence-corrected chi connectivity index (χ4v) is 4.17. The zero-order valence-corrected chi connectivity index (χ0v) is 19.6. The Labute approximate surface area is 201 Å². The van der Waals surface area contributed by atoms with Crippen molar-refractivity contribution in [1.82, 2.24) is 19.8 Å². The molecule has 1 unspecified atom stereocenters. The molecular formula is C25H27FN4O5. The van der Waals surface area contributed by atoms with Crippen LogP contribution in [0.1, 0.15) is 40.1 Å². The summed E-state index contributed by atoms with van der Waals surface area (Å²) in [6, 6.07) is 7.68. The van der Waals surface area contributed by atoms with E-state index in [-0.39, 0.29) is 29.0 Å². The molecule has 1 aromatic carbocycles. The smallest absolute Gasteiger partial charge is 0.344 e. The number of likely N-dealkylation sites (N-methyl/N-ethyl adjacent to an activating group) is 1. The molecule has 9 nitrogen and oxygen atoms in total. The van der Waals surface area contributed by atoms with E-state index in [4.69, 9.17) is 4.74 Å². The van der Waals surface area contributed by atoms with Crippen LogP contribution in [0.4, 0.5) is 4.39 Å². The number of fused-ring (bicyclic) bond motifs is 1. The molecular weight excluding hydrogens is 455 g/mol. The standard InChI is InChI=1S/C25H27FN4O5/c1-3-35-25(34)20-19(22(31)24(33)30-10-8-29(2)9-11-30)21-18(28-23(20)32)13-16(14-27-21)12-15-4-6-17(26)7-5-15/h4-7,13-14,22,31H,3,8-12H2,1-2H3,(H,28,32). The topological polar surface area (TPSA) is 116 Å². The summed E-state index contributed by atoms with van der Waals surface area (Å²) in [6.07, 6.45) is 0.191. The Morgan fingerprint density at radius 2 is 1.86 bits per heavy atom. The summed E-state index contributed by atoms with van der Waals surface area (Å²) in [5.74, 6) is -1.88. The molecule has 3 aromatic rings. The van der Waals surface area contributed by atoms with Crippen molar-refractivity contribution in [3.63, 3.8) is 0 Å². The molecule has 1 amide bonds. The number of hydrogen-bond donors (Lipinski definition) is 2. The van der Waals surface area contributed by atoms with Gasteiger partial charge in [-0.1, -0.05) is 12.1 Å². The number of aliphatic hydroxyl groups is 1. The minimum atomic E-state index is -1.77. The average Bonchev–Trinajstić information content (AvgIpc) is 2.84. The van der Waals surface area contributed by atoms with Crippen LogP contribution in [0, 0.1) is 5.82 Å². The van der Waals surface area contributed by atoms with Gasteiger partial charge in [0.25, 0.3) is 11.5 Å². The zero-order valence-electron chi connectivity index (χ0n) is 19.6. The minimum Gasteiger partial charge on any atom is -0.462 e. The van der Waals surface area contributed by atoms with Gasteiger partial charge in [-0.3, -0.25) is 14.6 Å². The molecule has 0 bridgehead atoms. The normalized spacial score (nSPS) is 15.3. The van der Waals surface area contributed by atoms with Gasteiger partial charge >= 0.3 is 5.97 Å². The van der Waals surface area contributed by atoms with Crippen LogP contribution in [0.5, 0.6) is 0 Å². The molecule has 1 atom stereocenters. The number of rotatable bonds is 6. The van der Waals surface area contributed by atoms with Crippen LogP contribution in [-0.2, 0) is 16.0 Å².